The molecule has 0 aliphatic rings. The van der Waals surface area contributed by atoms with Crippen LogP contribution in [0.2, 0.25) is 0 Å². The molecule has 3 aromatic carbocycles. The summed E-state index contributed by atoms with van der Waals surface area (Å²) in [5.41, 5.74) is 1.61. The molecule has 6 nitrogen and oxygen atoms in total. The Morgan fingerprint density at radius 1 is 0.973 bits per heavy atom. The number of hydrogen-bond acceptors (Lipinski definition) is 6. The van der Waals surface area contributed by atoms with E-state index in [0.717, 1.165) is 32.4 Å². The average molecular weight is 539 g/mol. The highest BCUT2D eigenvalue weighted by Crippen LogP contribution is 2.37. The van der Waals surface area contributed by atoms with E-state index in [1.807, 2.05) is 24.3 Å². The van der Waals surface area contributed by atoms with E-state index in [4.69, 9.17) is 4.74 Å². The van der Waals surface area contributed by atoms with Gasteiger partial charge in [0.1, 0.15) is 11.6 Å². The molecule has 196 valence electrons. The third kappa shape index (κ3) is 6.32. The number of esters is 1. The van der Waals surface area contributed by atoms with Crippen LogP contribution in [0, 0.1) is 5.92 Å². The van der Waals surface area contributed by atoms with Crippen molar-refractivity contribution in [3.8, 4) is 0 Å². The van der Waals surface area contributed by atoms with Crippen molar-refractivity contribution in [2.24, 2.45) is 5.92 Å². The molecule has 0 spiro atoms. The standard InChI is InChI=1S/C29H34N2O4S2/c1-19(2)27(28(32)35-29(3,4)5)30-37(33,34)22-13-15-24-23-14-12-21(16-25(23)36-26(24)17-22)31(6)18-20-10-8-7-9-11-20/h7-17,19,27,30H,18H2,1-6H3. The summed E-state index contributed by atoms with van der Waals surface area (Å²) in [4.78, 5) is 15.0. The highest BCUT2D eigenvalue weighted by Gasteiger charge is 2.32. The fourth-order valence-electron chi connectivity index (χ4n) is 4.16. The lowest BCUT2D eigenvalue weighted by Gasteiger charge is -2.26. The van der Waals surface area contributed by atoms with Crippen molar-refractivity contribution in [2.75, 3.05) is 11.9 Å². The van der Waals surface area contributed by atoms with Gasteiger partial charge in [-0.3, -0.25) is 4.79 Å². The second-order valence-corrected chi connectivity index (χ2v) is 13.5. The predicted octanol–water partition coefficient (Wildman–Crippen LogP) is 6.34. The Morgan fingerprint density at radius 3 is 2.22 bits per heavy atom. The average Bonchev–Trinajstić information content (AvgIpc) is 3.19. The molecule has 1 heterocycles. The van der Waals surface area contributed by atoms with Crippen molar-refractivity contribution in [1.29, 1.82) is 0 Å². The number of benzene rings is 3. The van der Waals surface area contributed by atoms with Crippen LogP contribution in [-0.2, 0) is 26.1 Å². The second kappa shape index (κ2) is 10.4. The summed E-state index contributed by atoms with van der Waals surface area (Å²) >= 11 is 1.56. The van der Waals surface area contributed by atoms with Crippen molar-refractivity contribution in [1.82, 2.24) is 4.72 Å². The summed E-state index contributed by atoms with van der Waals surface area (Å²) in [6, 6.07) is 20.8. The highest BCUT2D eigenvalue weighted by molar-refractivity contribution is 7.89. The normalized spacial score (nSPS) is 13.3. The van der Waals surface area contributed by atoms with Gasteiger partial charge in [0.25, 0.3) is 0 Å². The Balaban J connectivity index is 1.61. The molecule has 0 saturated carbocycles. The third-order valence-electron chi connectivity index (χ3n) is 6.05. The zero-order valence-electron chi connectivity index (χ0n) is 22.1. The van der Waals surface area contributed by atoms with Crippen molar-refractivity contribution >= 4 is 53.2 Å². The maximum atomic E-state index is 13.3. The van der Waals surface area contributed by atoms with Crippen LogP contribution in [0.1, 0.15) is 40.2 Å². The minimum absolute atomic E-state index is 0.127. The molecule has 0 aliphatic heterocycles. The fraction of sp³-hybridized carbons (Fsp3) is 0.345. The largest absolute Gasteiger partial charge is 0.459 e. The molecule has 8 heteroatoms. The van der Waals surface area contributed by atoms with E-state index < -0.39 is 27.6 Å². The number of sulfonamides is 1. The zero-order valence-corrected chi connectivity index (χ0v) is 23.7. The number of carbonyl (C=O) groups excluding carboxylic acids is 1. The van der Waals surface area contributed by atoms with E-state index in [0.29, 0.717) is 0 Å². The van der Waals surface area contributed by atoms with E-state index in [2.05, 4.69) is 47.0 Å². The molecule has 1 atom stereocenters. The van der Waals surface area contributed by atoms with Crippen molar-refractivity contribution < 1.29 is 17.9 Å². The predicted molar refractivity (Wildman–Crippen MR) is 153 cm³/mol. The Labute approximate surface area is 223 Å². The molecule has 0 saturated heterocycles. The topological polar surface area (TPSA) is 75.7 Å². The molecule has 0 amide bonds. The van der Waals surface area contributed by atoms with Gasteiger partial charge < -0.3 is 9.64 Å². The van der Waals surface area contributed by atoms with Gasteiger partial charge in [0, 0.05) is 39.5 Å². The summed E-state index contributed by atoms with van der Waals surface area (Å²) < 4.78 is 36.5. The van der Waals surface area contributed by atoms with Gasteiger partial charge >= 0.3 is 5.97 Å². The maximum Gasteiger partial charge on any atom is 0.324 e. The van der Waals surface area contributed by atoms with Crippen LogP contribution < -0.4 is 9.62 Å². The summed E-state index contributed by atoms with van der Waals surface area (Å²) in [5.74, 6) is -0.856. The molecular weight excluding hydrogens is 504 g/mol. The van der Waals surface area contributed by atoms with Crippen LogP contribution in [0.15, 0.2) is 71.6 Å². The van der Waals surface area contributed by atoms with Crippen molar-refractivity contribution in [2.45, 2.75) is 57.7 Å². The Kier molecular flexibility index (Phi) is 7.65. The van der Waals surface area contributed by atoms with Crippen molar-refractivity contribution in [3.05, 3.63) is 72.3 Å². The number of rotatable bonds is 8. The van der Waals surface area contributed by atoms with Gasteiger partial charge in [-0.2, -0.15) is 4.72 Å². The monoisotopic (exact) mass is 538 g/mol. The van der Waals surface area contributed by atoms with E-state index in [1.54, 1.807) is 58.1 Å². The first kappa shape index (κ1) is 27.1. The summed E-state index contributed by atoms with van der Waals surface area (Å²) in [6.45, 7) is 9.66. The lowest BCUT2D eigenvalue weighted by molar-refractivity contribution is -0.158. The maximum absolute atomic E-state index is 13.3. The number of nitrogens with one attached hydrogen (secondary N) is 1. The SMILES string of the molecule is CC(C)C(NS(=O)(=O)c1ccc2c(c1)sc1cc(N(C)Cc3ccccc3)ccc12)C(=O)OC(C)(C)C. The minimum atomic E-state index is -3.94. The molecule has 0 radical (unpaired) electrons. The van der Waals surface area contributed by atoms with E-state index >= 15 is 0 Å². The van der Waals surface area contributed by atoms with Gasteiger partial charge in [-0.15, -0.1) is 11.3 Å². The molecule has 1 N–H and O–H groups in total. The number of anilines is 1. The Morgan fingerprint density at radius 2 is 1.59 bits per heavy atom. The summed E-state index contributed by atoms with van der Waals surface area (Å²) in [6.07, 6.45) is 0. The number of ether oxygens (including phenoxy) is 1. The molecule has 0 bridgehead atoms. The van der Waals surface area contributed by atoms with Crippen molar-refractivity contribution in [3.63, 3.8) is 0 Å². The zero-order chi connectivity index (χ0) is 27.0. The molecule has 1 aromatic heterocycles. The molecule has 4 aromatic rings. The number of nitrogens with zero attached hydrogens (tertiary/aromatic N) is 1. The van der Waals surface area contributed by atoms with Gasteiger partial charge in [-0.1, -0.05) is 56.3 Å². The fourth-order valence-corrected chi connectivity index (χ4v) is 6.77. The highest BCUT2D eigenvalue weighted by atomic mass is 32.2. The lowest BCUT2D eigenvalue weighted by atomic mass is 10.1. The van der Waals surface area contributed by atoms with Crippen LogP contribution >= 0.6 is 11.3 Å². The van der Waals surface area contributed by atoms with E-state index in [9.17, 15) is 13.2 Å². The number of fused-ring (bicyclic) bond motifs is 3. The number of hydrogen-bond donors (Lipinski definition) is 1. The first-order chi connectivity index (χ1) is 17.3. The summed E-state index contributed by atoms with van der Waals surface area (Å²) in [7, 11) is -1.88. The van der Waals surface area contributed by atoms with Gasteiger partial charge in [-0.05, 0) is 56.5 Å². The first-order valence-electron chi connectivity index (χ1n) is 12.3. The summed E-state index contributed by atoms with van der Waals surface area (Å²) in [5, 5.41) is 2.09. The van der Waals surface area contributed by atoms with Gasteiger partial charge in [0.15, 0.2) is 0 Å². The molecule has 0 fully saturated rings. The van der Waals surface area contributed by atoms with Gasteiger partial charge in [-0.25, -0.2) is 8.42 Å². The quantitative estimate of drug-likeness (QED) is 0.265. The second-order valence-electron chi connectivity index (χ2n) is 10.7. The first-order valence-corrected chi connectivity index (χ1v) is 14.6. The van der Waals surface area contributed by atoms with E-state index in [1.165, 1.54) is 5.56 Å². The smallest absolute Gasteiger partial charge is 0.324 e. The molecule has 0 aliphatic carbocycles. The van der Waals surface area contributed by atoms with Crippen LogP contribution in [0.4, 0.5) is 5.69 Å². The van der Waals surface area contributed by atoms with Gasteiger partial charge in [0.05, 0.1) is 4.90 Å². The molecule has 1 unspecified atom stereocenters. The number of thiophene rings is 1. The Hall–Kier alpha value is -2.94. The Bertz CT molecular complexity index is 1520. The minimum Gasteiger partial charge on any atom is -0.459 e. The van der Waals surface area contributed by atoms with Gasteiger partial charge in [0.2, 0.25) is 10.0 Å². The van der Waals surface area contributed by atoms with Crippen LogP contribution in [-0.4, -0.2) is 33.1 Å². The third-order valence-corrected chi connectivity index (χ3v) is 8.61. The molecular formula is C29H34N2O4S2. The number of carbonyl (C=O) groups is 1. The van der Waals surface area contributed by atoms with Crippen LogP contribution in [0.5, 0.6) is 0 Å². The lowest BCUT2D eigenvalue weighted by Crippen LogP contribution is -2.47. The van der Waals surface area contributed by atoms with E-state index in [-0.39, 0.29) is 10.8 Å². The van der Waals surface area contributed by atoms with Crippen LogP contribution in [0.3, 0.4) is 0 Å². The molecule has 37 heavy (non-hydrogen) atoms. The van der Waals surface area contributed by atoms with Crippen LogP contribution in [0.25, 0.3) is 20.2 Å². The molecule has 4 rings (SSSR count).